The number of nitrogens with one attached hydrogen (secondary N) is 1. The van der Waals surface area contributed by atoms with E-state index >= 15 is 0 Å². The average molecular weight is 300 g/mol. The largest absolute Gasteiger partial charge is 0.481 e. The van der Waals surface area contributed by atoms with Crippen LogP contribution in [0.1, 0.15) is 53.4 Å². The summed E-state index contributed by atoms with van der Waals surface area (Å²) in [6, 6.07) is 8.44. The van der Waals surface area contributed by atoms with Crippen LogP contribution < -0.4 is 5.32 Å². The van der Waals surface area contributed by atoms with E-state index in [0.29, 0.717) is 17.2 Å². The number of rotatable bonds is 5. The number of carbonyl (C=O) groups is 2. The van der Waals surface area contributed by atoms with Crippen molar-refractivity contribution >= 4 is 17.6 Å². The molecule has 114 valence electrons. The third-order valence-corrected chi connectivity index (χ3v) is 3.76. The van der Waals surface area contributed by atoms with E-state index in [9.17, 15) is 9.59 Å². The minimum atomic E-state index is -0.909. The maximum absolute atomic E-state index is 12.1. The van der Waals surface area contributed by atoms with E-state index in [1.807, 2.05) is 0 Å². The zero-order valence-electron chi connectivity index (χ0n) is 12.1. The summed E-state index contributed by atoms with van der Waals surface area (Å²) < 4.78 is 5.06. The van der Waals surface area contributed by atoms with Gasteiger partial charge in [0.15, 0.2) is 0 Å². The number of hydrogen-bond acceptors (Lipinski definition) is 4. The second-order valence-electron chi connectivity index (χ2n) is 5.53. The first-order valence-electron chi connectivity index (χ1n) is 7.15. The standard InChI is InChI=1S/C16H16N2O4/c1-9(16(20)21)11-3-2-4-12(7-11)17-15(19)14-8-13(18-22-14)10-5-6-10/h2-4,7-10H,5-6H2,1H3,(H,17,19)(H,20,21). The Morgan fingerprint density at radius 1 is 1.36 bits per heavy atom. The van der Waals surface area contributed by atoms with Crippen LogP contribution in [0.3, 0.4) is 0 Å². The van der Waals surface area contributed by atoms with E-state index in [1.54, 1.807) is 37.3 Å². The molecule has 0 spiro atoms. The van der Waals surface area contributed by atoms with E-state index in [2.05, 4.69) is 10.5 Å². The summed E-state index contributed by atoms with van der Waals surface area (Å²) in [7, 11) is 0. The molecular formula is C16H16N2O4. The van der Waals surface area contributed by atoms with Crippen LogP contribution in [0.2, 0.25) is 0 Å². The Balaban J connectivity index is 1.72. The van der Waals surface area contributed by atoms with Gasteiger partial charge in [0.2, 0.25) is 5.76 Å². The van der Waals surface area contributed by atoms with Crippen molar-refractivity contribution in [3.05, 3.63) is 47.3 Å². The number of aliphatic carboxylic acids is 1. The van der Waals surface area contributed by atoms with Gasteiger partial charge in [-0.1, -0.05) is 17.3 Å². The van der Waals surface area contributed by atoms with E-state index in [-0.39, 0.29) is 11.7 Å². The van der Waals surface area contributed by atoms with Crippen molar-refractivity contribution in [2.24, 2.45) is 0 Å². The number of amides is 1. The highest BCUT2D eigenvalue weighted by molar-refractivity contribution is 6.02. The van der Waals surface area contributed by atoms with Crippen molar-refractivity contribution in [2.45, 2.75) is 31.6 Å². The molecule has 6 nitrogen and oxygen atoms in total. The lowest BCUT2D eigenvalue weighted by molar-refractivity contribution is -0.138. The second kappa shape index (κ2) is 5.63. The van der Waals surface area contributed by atoms with Crippen LogP contribution in [-0.2, 0) is 4.79 Å². The number of anilines is 1. The molecule has 2 N–H and O–H groups in total. The molecule has 22 heavy (non-hydrogen) atoms. The SMILES string of the molecule is CC(C(=O)O)c1cccc(NC(=O)c2cc(C3CC3)no2)c1. The topological polar surface area (TPSA) is 92.4 Å². The van der Waals surface area contributed by atoms with Gasteiger partial charge in [-0.05, 0) is 37.5 Å². The molecule has 0 radical (unpaired) electrons. The van der Waals surface area contributed by atoms with Crippen LogP contribution in [0, 0.1) is 0 Å². The molecule has 3 rings (SSSR count). The van der Waals surface area contributed by atoms with Crippen LogP contribution >= 0.6 is 0 Å². The molecular weight excluding hydrogens is 284 g/mol. The molecule has 1 fully saturated rings. The van der Waals surface area contributed by atoms with Gasteiger partial charge in [-0.15, -0.1) is 0 Å². The van der Waals surface area contributed by atoms with Crippen molar-refractivity contribution in [1.29, 1.82) is 0 Å². The Kier molecular flexibility index (Phi) is 3.66. The van der Waals surface area contributed by atoms with Crippen molar-refractivity contribution < 1.29 is 19.2 Å². The summed E-state index contributed by atoms with van der Waals surface area (Å²) in [6.45, 7) is 1.60. The lowest BCUT2D eigenvalue weighted by Crippen LogP contribution is -2.12. The molecule has 1 heterocycles. The molecule has 1 amide bonds. The normalized spacial score (nSPS) is 15.3. The smallest absolute Gasteiger partial charge is 0.310 e. The molecule has 1 unspecified atom stereocenters. The Morgan fingerprint density at radius 3 is 2.82 bits per heavy atom. The first-order chi connectivity index (χ1) is 10.5. The van der Waals surface area contributed by atoms with Crippen LogP contribution in [0.4, 0.5) is 5.69 Å². The fourth-order valence-corrected chi connectivity index (χ4v) is 2.19. The Morgan fingerprint density at radius 2 is 2.14 bits per heavy atom. The molecule has 1 aromatic heterocycles. The van der Waals surface area contributed by atoms with Gasteiger partial charge in [-0.25, -0.2) is 0 Å². The van der Waals surface area contributed by atoms with E-state index in [0.717, 1.165) is 18.5 Å². The average Bonchev–Trinajstić information content (AvgIpc) is 3.23. The summed E-state index contributed by atoms with van der Waals surface area (Å²) in [5.74, 6) is -1.35. The highest BCUT2D eigenvalue weighted by Gasteiger charge is 2.28. The number of carboxylic acid groups (broad SMARTS) is 1. The van der Waals surface area contributed by atoms with Gasteiger partial charge in [-0.3, -0.25) is 9.59 Å². The predicted molar refractivity (Wildman–Crippen MR) is 78.9 cm³/mol. The number of nitrogens with zero attached hydrogens (tertiary/aromatic N) is 1. The minimum Gasteiger partial charge on any atom is -0.481 e. The maximum atomic E-state index is 12.1. The number of carbonyl (C=O) groups excluding carboxylic acids is 1. The summed E-state index contributed by atoms with van der Waals surface area (Å²) in [5, 5.41) is 15.6. The summed E-state index contributed by atoms with van der Waals surface area (Å²) in [5.41, 5.74) is 1.97. The highest BCUT2D eigenvalue weighted by atomic mass is 16.5. The monoisotopic (exact) mass is 300 g/mol. The second-order valence-corrected chi connectivity index (χ2v) is 5.53. The number of hydrogen-bond donors (Lipinski definition) is 2. The third-order valence-electron chi connectivity index (χ3n) is 3.76. The van der Waals surface area contributed by atoms with Gasteiger partial charge < -0.3 is 14.9 Å². The van der Waals surface area contributed by atoms with Crippen molar-refractivity contribution in [3.8, 4) is 0 Å². The van der Waals surface area contributed by atoms with E-state index < -0.39 is 11.9 Å². The van der Waals surface area contributed by atoms with Gasteiger partial charge in [0.25, 0.3) is 5.91 Å². The lowest BCUT2D eigenvalue weighted by Gasteiger charge is -2.09. The molecule has 0 bridgehead atoms. The zero-order chi connectivity index (χ0) is 15.7. The minimum absolute atomic E-state index is 0.165. The first-order valence-corrected chi connectivity index (χ1v) is 7.15. The van der Waals surface area contributed by atoms with Gasteiger partial charge in [0.05, 0.1) is 11.6 Å². The van der Waals surface area contributed by atoms with E-state index in [1.165, 1.54) is 0 Å². The summed E-state index contributed by atoms with van der Waals surface area (Å²) >= 11 is 0. The van der Waals surface area contributed by atoms with Crippen molar-refractivity contribution in [2.75, 3.05) is 5.32 Å². The molecule has 0 saturated heterocycles. The van der Waals surface area contributed by atoms with Gasteiger partial charge in [-0.2, -0.15) is 0 Å². The van der Waals surface area contributed by atoms with Gasteiger partial charge >= 0.3 is 5.97 Å². The molecule has 2 aromatic rings. The Hall–Kier alpha value is -2.63. The van der Waals surface area contributed by atoms with Crippen LogP contribution in [0.15, 0.2) is 34.9 Å². The predicted octanol–water partition coefficient (Wildman–Crippen LogP) is 2.99. The molecule has 1 aliphatic carbocycles. The Bertz CT molecular complexity index is 718. The molecule has 0 aliphatic heterocycles. The van der Waals surface area contributed by atoms with Crippen LogP contribution in [-0.4, -0.2) is 22.1 Å². The summed E-state index contributed by atoms with van der Waals surface area (Å²) in [4.78, 5) is 23.1. The van der Waals surface area contributed by atoms with Gasteiger partial charge in [0, 0.05) is 17.7 Å². The van der Waals surface area contributed by atoms with Crippen LogP contribution in [0.5, 0.6) is 0 Å². The molecule has 1 aromatic carbocycles. The number of aromatic nitrogens is 1. The summed E-state index contributed by atoms with van der Waals surface area (Å²) in [6.07, 6.45) is 2.17. The van der Waals surface area contributed by atoms with E-state index in [4.69, 9.17) is 9.63 Å². The third kappa shape index (κ3) is 3.00. The van der Waals surface area contributed by atoms with Crippen molar-refractivity contribution in [3.63, 3.8) is 0 Å². The number of benzene rings is 1. The molecule has 1 atom stereocenters. The molecule has 6 heteroatoms. The lowest BCUT2D eigenvalue weighted by atomic mass is 10.0. The quantitative estimate of drug-likeness (QED) is 0.885. The van der Waals surface area contributed by atoms with Gasteiger partial charge in [0.1, 0.15) is 0 Å². The maximum Gasteiger partial charge on any atom is 0.310 e. The highest BCUT2D eigenvalue weighted by Crippen LogP contribution is 2.39. The number of carboxylic acids is 1. The fraction of sp³-hybridized carbons (Fsp3) is 0.312. The molecule has 1 aliphatic rings. The van der Waals surface area contributed by atoms with Crippen molar-refractivity contribution in [1.82, 2.24) is 5.16 Å². The first kappa shape index (κ1) is 14.3. The fourth-order valence-electron chi connectivity index (χ4n) is 2.19. The Labute approximate surface area is 127 Å². The zero-order valence-corrected chi connectivity index (χ0v) is 12.1. The molecule has 1 saturated carbocycles. The van der Waals surface area contributed by atoms with Crippen LogP contribution in [0.25, 0.3) is 0 Å².